The van der Waals surface area contributed by atoms with Crippen LogP contribution >= 0.6 is 23.5 Å². The maximum Gasteiger partial charge on any atom is 0.306 e. The molecule has 0 saturated carbocycles. The highest BCUT2D eigenvalue weighted by atomic mass is 32.2. The fourth-order valence-electron chi connectivity index (χ4n) is 8.98. The van der Waals surface area contributed by atoms with Crippen LogP contribution in [0.3, 0.4) is 0 Å². The highest BCUT2D eigenvalue weighted by Crippen LogP contribution is 2.38. The van der Waals surface area contributed by atoms with Gasteiger partial charge >= 0.3 is 5.97 Å². The van der Waals surface area contributed by atoms with E-state index in [2.05, 4.69) is 54.5 Å². The molecule has 0 saturated heterocycles. The quantitative estimate of drug-likeness (QED) is 0.0522. The van der Waals surface area contributed by atoms with Gasteiger partial charge in [-0.1, -0.05) is 247 Å². The molecule has 0 heterocycles. The Bertz CT molecular complexity index is 1100. The summed E-state index contributed by atoms with van der Waals surface area (Å²) in [7, 11) is 0. The van der Waals surface area contributed by atoms with Crippen LogP contribution in [0.15, 0.2) is 6.07 Å². The molecule has 1 aromatic rings. The van der Waals surface area contributed by atoms with Gasteiger partial charge in [0.1, 0.15) is 11.9 Å². The number of hydrogen-bond acceptors (Lipinski definition) is 5. The molecule has 0 unspecified atom stereocenters. The average molecular weight is 890 g/mol. The Morgan fingerprint density at radius 1 is 0.525 bits per heavy atom. The number of aromatic hydroxyl groups is 1. The zero-order chi connectivity index (χ0) is 44.7. The van der Waals surface area contributed by atoms with E-state index in [0.29, 0.717) is 18.6 Å². The second kappa shape index (κ2) is 40.7. The van der Waals surface area contributed by atoms with E-state index in [0.717, 1.165) is 35.5 Å². The molecule has 0 aromatic heterocycles. The molecule has 0 bridgehead atoms. The number of esters is 1. The van der Waals surface area contributed by atoms with Gasteiger partial charge in [-0.3, -0.25) is 4.79 Å². The molecule has 0 radical (unpaired) electrons. The third-order valence-electron chi connectivity index (χ3n) is 12.9. The van der Waals surface area contributed by atoms with Crippen LogP contribution in [0.25, 0.3) is 0 Å². The minimum atomic E-state index is -0.159. The van der Waals surface area contributed by atoms with Crippen molar-refractivity contribution >= 4 is 29.5 Å². The van der Waals surface area contributed by atoms with Crippen molar-refractivity contribution in [1.29, 1.82) is 0 Å². The van der Waals surface area contributed by atoms with Crippen LogP contribution in [-0.2, 0) is 34.2 Å². The Hall–Kier alpha value is -0.810. The van der Waals surface area contributed by atoms with Crippen LogP contribution in [-0.4, -0.2) is 40.2 Å². The van der Waals surface area contributed by atoms with Crippen molar-refractivity contribution in [1.82, 2.24) is 0 Å². The van der Waals surface area contributed by atoms with Crippen LogP contribution in [0, 0.1) is 0 Å². The molecule has 1 rings (SSSR count). The third-order valence-corrected chi connectivity index (χ3v) is 15.3. The molecule has 0 fully saturated rings. The summed E-state index contributed by atoms with van der Waals surface area (Å²) in [6.45, 7) is 15.4. The van der Waals surface area contributed by atoms with Gasteiger partial charge in [0.15, 0.2) is 0 Å². The van der Waals surface area contributed by atoms with E-state index in [4.69, 9.17) is 4.74 Å². The number of aryl methyl sites for hydroxylation is 1. The Morgan fingerprint density at radius 3 is 1.16 bits per heavy atom. The van der Waals surface area contributed by atoms with E-state index < -0.39 is 0 Å². The minimum Gasteiger partial charge on any atom is -0.507 e. The number of benzene rings is 1. The number of phenols is 1. The highest BCUT2D eigenvalue weighted by Gasteiger charge is 2.24. The van der Waals surface area contributed by atoms with Gasteiger partial charge in [0.05, 0.1) is 0 Å². The van der Waals surface area contributed by atoms with Crippen molar-refractivity contribution in [3.8, 4) is 5.75 Å². The van der Waals surface area contributed by atoms with Crippen molar-refractivity contribution < 1.29 is 14.6 Å². The summed E-state index contributed by atoms with van der Waals surface area (Å²) in [5.74, 6) is 4.52. The second-order valence-electron chi connectivity index (χ2n) is 19.7. The number of unbranched alkanes of at least 4 members (excludes halogenated alkanes) is 30. The first-order valence-corrected chi connectivity index (χ1v) is 29.2. The van der Waals surface area contributed by atoms with Gasteiger partial charge in [0.2, 0.25) is 0 Å². The number of carbonyl (C=O) groups excluding carboxylic acids is 1. The van der Waals surface area contributed by atoms with Crippen LogP contribution < -0.4 is 0 Å². The number of thioether (sulfide) groups is 2. The first kappa shape index (κ1) is 58.2. The molecule has 358 valence electrons. The molecule has 0 amide bonds. The Labute approximate surface area is 390 Å². The van der Waals surface area contributed by atoms with E-state index in [1.807, 2.05) is 23.5 Å². The summed E-state index contributed by atoms with van der Waals surface area (Å²) in [4.78, 5) is 13.4. The zero-order valence-corrected chi connectivity index (χ0v) is 43.7. The Kier molecular flexibility index (Phi) is 38.8. The summed E-state index contributed by atoms with van der Waals surface area (Å²) in [6, 6.07) is 2.17. The van der Waals surface area contributed by atoms with Gasteiger partial charge in [-0.05, 0) is 71.3 Å². The van der Waals surface area contributed by atoms with Gasteiger partial charge in [-0.15, -0.1) is 0 Å². The summed E-state index contributed by atoms with van der Waals surface area (Å²) in [5.41, 5.74) is 4.28. The standard InChI is InChI=1S/C56H104O3S2/c1-8-12-14-16-18-20-22-24-26-28-30-32-34-36-38-40-44-60-47-50(48-61-45-41-39-37-35-33-31-29-27-25-23-21-19-17-15-13-9-2)59-54(57)43-42-49-46-53(56(5,6)7)55(58)52(11-4)51(49)10-3/h46,50,58H,8-45,47-48H2,1-7H3. The molecule has 0 aliphatic rings. The number of ether oxygens (including phenoxy) is 1. The molecule has 0 aliphatic heterocycles. The Morgan fingerprint density at radius 2 is 0.852 bits per heavy atom. The molecular weight excluding hydrogens is 785 g/mol. The normalized spacial score (nSPS) is 11.9. The molecule has 1 N–H and O–H groups in total. The average Bonchev–Trinajstić information content (AvgIpc) is 3.24. The Balaban J connectivity index is 2.42. The van der Waals surface area contributed by atoms with Gasteiger partial charge in [0, 0.05) is 17.9 Å². The summed E-state index contributed by atoms with van der Waals surface area (Å²) in [6.07, 6.45) is 47.6. The minimum absolute atomic E-state index is 0.0218. The lowest BCUT2D eigenvalue weighted by Gasteiger charge is -2.26. The number of carbonyl (C=O) groups is 1. The van der Waals surface area contributed by atoms with Crippen LogP contribution in [0.1, 0.15) is 283 Å². The number of hydrogen-bond donors (Lipinski definition) is 1. The molecule has 0 aliphatic carbocycles. The molecule has 1 aromatic carbocycles. The highest BCUT2D eigenvalue weighted by molar-refractivity contribution is 8.00. The largest absolute Gasteiger partial charge is 0.507 e. The van der Waals surface area contributed by atoms with E-state index in [9.17, 15) is 9.90 Å². The lowest BCUT2D eigenvalue weighted by molar-refractivity contribution is -0.146. The topological polar surface area (TPSA) is 46.5 Å². The first-order chi connectivity index (χ1) is 29.7. The van der Waals surface area contributed by atoms with Crippen LogP contribution in [0.2, 0.25) is 0 Å². The molecule has 0 atom stereocenters. The SMILES string of the molecule is CCCCCCCCCCCCCCCCCCSCC(CSCCCCCCCCCCCCCCCCCC)OC(=O)CCc1cc(C(C)(C)C)c(O)c(CC)c1CC. The lowest BCUT2D eigenvalue weighted by Crippen LogP contribution is -2.24. The van der Waals surface area contributed by atoms with Crippen molar-refractivity contribution in [3.05, 3.63) is 28.3 Å². The third kappa shape index (κ3) is 31.7. The van der Waals surface area contributed by atoms with Crippen molar-refractivity contribution in [2.45, 2.75) is 291 Å². The van der Waals surface area contributed by atoms with Crippen molar-refractivity contribution in [2.75, 3.05) is 23.0 Å². The summed E-state index contributed by atoms with van der Waals surface area (Å²) >= 11 is 3.99. The molecule has 3 nitrogen and oxygen atoms in total. The van der Waals surface area contributed by atoms with E-state index in [-0.39, 0.29) is 17.5 Å². The predicted molar refractivity (Wildman–Crippen MR) is 278 cm³/mol. The first-order valence-electron chi connectivity index (χ1n) is 26.9. The summed E-state index contributed by atoms with van der Waals surface area (Å²) < 4.78 is 6.26. The maximum absolute atomic E-state index is 13.4. The van der Waals surface area contributed by atoms with Crippen LogP contribution in [0.4, 0.5) is 0 Å². The predicted octanol–water partition coefficient (Wildman–Crippen LogP) is 18.6. The molecular formula is C56H104O3S2. The molecule has 0 spiro atoms. The van der Waals surface area contributed by atoms with E-state index in [1.54, 1.807) is 0 Å². The van der Waals surface area contributed by atoms with Gasteiger partial charge in [-0.25, -0.2) is 0 Å². The van der Waals surface area contributed by atoms with Crippen LogP contribution in [0.5, 0.6) is 5.75 Å². The monoisotopic (exact) mass is 889 g/mol. The van der Waals surface area contributed by atoms with Crippen molar-refractivity contribution in [2.24, 2.45) is 0 Å². The number of phenolic OH excluding ortho intramolecular Hbond substituents is 1. The fraction of sp³-hybridized carbons (Fsp3) is 0.875. The maximum atomic E-state index is 13.4. The molecule has 61 heavy (non-hydrogen) atoms. The number of rotatable bonds is 44. The fourth-order valence-corrected chi connectivity index (χ4v) is 11.2. The lowest BCUT2D eigenvalue weighted by atomic mass is 9.80. The molecule has 5 heteroatoms. The van der Waals surface area contributed by atoms with Gasteiger partial charge in [0.25, 0.3) is 0 Å². The van der Waals surface area contributed by atoms with Crippen molar-refractivity contribution in [3.63, 3.8) is 0 Å². The van der Waals surface area contributed by atoms with E-state index >= 15 is 0 Å². The van der Waals surface area contributed by atoms with Gasteiger partial charge in [-0.2, -0.15) is 23.5 Å². The smallest absolute Gasteiger partial charge is 0.306 e. The summed E-state index contributed by atoms with van der Waals surface area (Å²) in [5, 5.41) is 11.2. The zero-order valence-electron chi connectivity index (χ0n) is 42.0. The van der Waals surface area contributed by atoms with Gasteiger partial charge < -0.3 is 9.84 Å². The van der Waals surface area contributed by atoms with E-state index in [1.165, 1.54) is 228 Å². The second-order valence-corrected chi connectivity index (χ2v) is 22.0.